The number of nitrogens with one attached hydrogen (secondary N) is 2. The zero-order chi connectivity index (χ0) is 24.3. The Balaban J connectivity index is 1.38. The van der Waals surface area contributed by atoms with Gasteiger partial charge in [0.05, 0.1) is 11.3 Å². The summed E-state index contributed by atoms with van der Waals surface area (Å²) in [6, 6.07) is 14.3. The first-order chi connectivity index (χ1) is 16.3. The molecule has 4 amide bonds. The van der Waals surface area contributed by atoms with Crippen molar-refractivity contribution in [1.82, 2.24) is 10.2 Å². The summed E-state index contributed by atoms with van der Waals surface area (Å²) in [6.45, 7) is 2.33. The van der Waals surface area contributed by atoms with Crippen LogP contribution in [0.4, 0.5) is 11.4 Å². The molecule has 2 aromatic carbocycles. The van der Waals surface area contributed by atoms with E-state index in [9.17, 15) is 19.2 Å². The highest BCUT2D eigenvalue weighted by Crippen LogP contribution is 2.43. The van der Waals surface area contributed by atoms with E-state index in [4.69, 9.17) is 4.74 Å². The van der Waals surface area contributed by atoms with Crippen molar-refractivity contribution >= 4 is 35.0 Å². The van der Waals surface area contributed by atoms with Crippen LogP contribution in [0.25, 0.3) is 0 Å². The van der Waals surface area contributed by atoms with Crippen molar-refractivity contribution in [2.24, 2.45) is 0 Å². The van der Waals surface area contributed by atoms with E-state index in [1.807, 2.05) is 19.1 Å². The topological polar surface area (TPSA) is 108 Å². The summed E-state index contributed by atoms with van der Waals surface area (Å²) >= 11 is 0. The summed E-state index contributed by atoms with van der Waals surface area (Å²) in [6.07, 6.45) is 0.989. The van der Waals surface area contributed by atoms with Gasteiger partial charge in [0.15, 0.2) is 0 Å². The number of ether oxygens (including phenoxy) is 1. The SMILES string of the molecule is COCC(=O)Nc1cccc(CNC(=O)CCN2C(=O)c3ccccc3N3C(=O)CCC23C)c1. The molecule has 2 aromatic rings. The Morgan fingerprint density at radius 1 is 1.09 bits per heavy atom. The third-order valence-electron chi connectivity index (χ3n) is 6.28. The predicted octanol–water partition coefficient (Wildman–Crippen LogP) is 2.28. The van der Waals surface area contributed by atoms with Crippen LogP contribution >= 0.6 is 0 Å². The van der Waals surface area contributed by atoms with Crippen molar-refractivity contribution in [2.45, 2.75) is 38.4 Å². The molecular formula is C25H28N4O5. The molecule has 2 N–H and O–H groups in total. The summed E-state index contributed by atoms with van der Waals surface area (Å²) in [5.74, 6) is -0.657. The molecule has 2 aliphatic heterocycles. The number of methoxy groups -OCH3 is 1. The van der Waals surface area contributed by atoms with E-state index in [0.29, 0.717) is 29.8 Å². The van der Waals surface area contributed by atoms with E-state index in [2.05, 4.69) is 10.6 Å². The molecular weight excluding hydrogens is 436 g/mol. The standard InChI is InChI=1S/C25H28N4O5/c1-25-12-10-23(32)29(25)20-9-4-3-8-19(20)24(33)28(25)13-11-21(30)26-15-17-6-5-7-18(14-17)27-22(31)16-34-2/h3-9,14H,10-13,15-16H2,1-2H3,(H,26,30)(H,27,31). The van der Waals surface area contributed by atoms with Crippen LogP contribution in [0.3, 0.4) is 0 Å². The van der Waals surface area contributed by atoms with E-state index in [1.165, 1.54) is 7.11 Å². The molecule has 1 atom stereocenters. The maximum atomic E-state index is 13.2. The van der Waals surface area contributed by atoms with Gasteiger partial charge in [-0.25, -0.2) is 0 Å². The van der Waals surface area contributed by atoms with E-state index < -0.39 is 5.66 Å². The van der Waals surface area contributed by atoms with Gasteiger partial charge in [-0.05, 0) is 43.2 Å². The minimum atomic E-state index is -0.780. The average Bonchev–Trinajstić information content (AvgIpc) is 3.13. The number of carbonyl (C=O) groups excluding carboxylic acids is 4. The number of fused-ring (bicyclic) bond motifs is 3. The highest BCUT2D eigenvalue weighted by Gasteiger charge is 2.52. The zero-order valence-electron chi connectivity index (χ0n) is 19.3. The monoisotopic (exact) mass is 464 g/mol. The number of para-hydroxylation sites is 1. The largest absolute Gasteiger partial charge is 0.375 e. The smallest absolute Gasteiger partial charge is 0.257 e. The molecule has 4 rings (SSSR count). The van der Waals surface area contributed by atoms with Crippen LogP contribution < -0.4 is 15.5 Å². The first-order valence-corrected chi connectivity index (χ1v) is 11.2. The second-order valence-corrected chi connectivity index (χ2v) is 8.63. The van der Waals surface area contributed by atoms with Crippen LogP contribution in [0.2, 0.25) is 0 Å². The maximum Gasteiger partial charge on any atom is 0.257 e. The lowest BCUT2D eigenvalue weighted by Crippen LogP contribution is -2.62. The number of hydrogen-bond donors (Lipinski definition) is 2. The number of hydrogen-bond acceptors (Lipinski definition) is 5. The van der Waals surface area contributed by atoms with Crippen molar-refractivity contribution in [3.05, 3.63) is 59.7 Å². The first-order valence-electron chi connectivity index (χ1n) is 11.2. The Hall–Kier alpha value is -3.72. The summed E-state index contributed by atoms with van der Waals surface area (Å²) in [5.41, 5.74) is 1.77. The molecule has 178 valence electrons. The third-order valence-corrected chi connectivity index (χ3v) is 6.28. The minimum absolute atomic E-state index is 0.0191. The van der Waals surface area contributed by atoms with Crippen LogP contribution in [0.5, 0.6) is 0 Å². The fourth-order valence-corrected chi connectivity index (χ4v) is 4.63. The second-order valence-electron chi connectivity index (χ2n) is 8.63. The van der Waals surface area contributed by atoms with Gasteiger partial charge < -0.3 is 20.3 Å². The summed E-state index contributed by atoms with van der Waals surface area (Å²) in [7, 11) is 1.45. The summed E-state index contributed by atoms with van der Waals surface area (Å²) < 4.78 is 4.81. The lowest BCUT2D eigenvalue weighted by atomic mass is 9.98. The number of carbonyl (C=O) groups is 4. The van der Waals surface area contributed by atoms with E-state index in [0.717, 1.165) is 5.56 Å². The van der Waals surface area contributed by atoms with Gasteiger partial charge in [0.25, 0.3) is 5.91 Å². The number of amides is 4. The van der Waals surface area contributed by atoms with Crippen LogP contribution in [0.15, 0.2) is 48.5 Å². The Morgan fingerprint density at radius 3 is 2.68 bits per heavy atom. The molecule has 1 unspecified atom stereocenters. The van der Waals surface area contributed by atoms with E-state index >= 15 is 0 Å². The Morgan fingerprint density at radius 2 is 1.88 bits per heavy atom. The number of nitrogens with zero attached hydrogens (tertiary/aromatic N) is 2. The molecule has 9 heteroatoms. The highest BCUT2D eigenvalue weighted by molar-refractivity contribution is 6.10. The van der Waals surface area contributed by atoms with E-state index in [1.54, 1.807) is 46.2 Å². The van der Waals surface area contributed by atoms with Crippen molar-refractivity contribution in [1.29, 1.82) is 0 Å². The van der Waals surface area contributed by atoms with Gasteiger partial charge in [0.1, 0.15) is 12.3 Å². The van der Waals surface area contributed by atoms with Gasteiger partial charge in [0, 0.05) is 38.7 Å². The number of rotatable bonds is 8. The maximum absolute atomic E-state index is 13.2. The molecule has 34 heavy (non-hydrogen) atoms. The van der Waals surface area contributed by atoms with Gasteiger partial charge in [-0.15, -0.1) is 0 Å². The minimum Gasteiger partial charge on any atom is -0.375 e. The molecule has 1 fully saturated rings. The number of anilines is 2. The van der Waals surface area contributed by atoms with Crippen LogP contribution in [0, 0.1) is 0 Å². The zero-order valence-corrected chi connectivity index (χ0v) is 19.3. The van der Waals surface area contributed by atoms with Crippen LogP contribution in [0.1, 0.15) is 42.1 Å². The molecule has 2 heterocycles. The van der Waals surface area contributed by atoms with Crippen molar-refractivity contribution < 1.29 is 23.9 Å². The normalized spacial score (nSPS) is 19.0. The molecule has 0 saturated carbocycles. The van der Waals surface area contributed by atoms with Gasteiger partial charge >= 0.3 is 0 Å². The molecule has 1 saturated heterocycles. The molecule has 2 aliphatic rings. The lowest BCUT2D eigenvalue weighted by Gasteiger charge is -2.48. The molecule has 0 aliphatic carbocycles. The predicted molar refractivity (Wildman–Crippen MR) is 126 cm³/mol. The van der Waals surface area contributed by atoms with E-state index in [-0.39, 0.29) is 49.7 Å². The molecule has 0 spiro atoms. The molecule has 0 bridgehead atoms. The second kappa shape index (κ2) is 9.64. The molecule has 0 aromatic heterocycles. The van der Waals surface area contributed by atoms with Gasteiger partial charge in [-0.1, -0.05) is 24.3 Å². The van der Waals surface area contributed by atoms with Crippen molar-refractivity contribution in [2.75, 3.05) is 30.5 Å². The van der Waals surface area contributed by atoms with Crippen molar-refractivity contribution in [3.8, 4) is 0 Å². The highest BCUT2D eigenvalue weighted by atomic mass is 16.5. The van der Waals surface area contributed by atoms with Crippen molar-refractivity contribution in [3.63, 3.8) is 0 Å². The number of benzene rings is 2. The quantitative estimate of drug-likeness (QED) is 0.623. The molecule has 0 radical (unpaired) electrons. The van der Waals surface area contributed by atoms with Crippen LogP contribution in [-0.4, -0.2) is 54.5 Å². The third kappa shape index (κ3) is 4.51. The summed E-state index contributed by atoms with van der Waals surface area (Å²) in [5, 5.41) is 5.59. The Bertz CT molecular complexity index is 1130. The lowest BCUT2D eigenvalue weighted by molar-refractivity contribution is -0.122. The first kappa shape index (κ1) is 23.4. The van der Waals surface area contributed by atoms with Gasteiger partial charge in [-0.2, -0.15) is 0 Å². The van der Waals surface area contributed by atoms with Gasteiger partial charge in [-0.3, -0.25) is 24.1 Å². The Kier molecular flexibility index (Phi) is 6.65. The average molecular weight is 465 g/mol. The molecule has 9 nitrogen and oxygen atoms in total. The summed E-state index contributed by atoms with van der Waals surface area (Å²) in [4.78, 5) is 53.5. The Labute approximate surface area is 198 Å². The fraction of sp³-hybridized carbons (Fsp3) is 0.360. The van der Waals surface area contributed by atoms with Crippen LogP contribution in [-0.2, 0) is 25.7 Å². The van der Waals surface area contributed by atoms with Gasteiger partial charge in [0.2, 0.25) is 17.7 Å². The fourth-order valence-electron chi connectivity index (χ4n) is 4.63.